The van der Waals surface area contributed by atoms with Crippen LogP contribution in [0.15, 0.2) is 40.2 Å². The molecule has 0 amide bonds. The molecule has 4 aromatic rings. The van der Waals surface area contributed by atoms with Crippen LogP contribution in [0.25, 0.3) is 27.8 Å². The highest BCUT2D eigenvalue weighted by atomic mass is 16.5. The SMILES string of the molecule is O=c1c2cc3c(=O)n(-c4n[nH]c(C5CCCCC5)n4)ccc3nc2ccn1CCN1CCOCC1. The maximum Gasteiger partial charge on any atom is 0.267 e. The number of rotatable bonds is 5. The second-order valence-corrected chi connectivity index (χ2v) is 9.47. The fraction of sp³-hybridized carbons (Fsp3) is 0.480. The summed E-state index contributed by atoms with van der Waals surface area (Å²) in [6.07, 6.45) is 9.27. The molecule has 0 unspecified atom stereocenters. The molecule has 1 saturated heterocycles. The third kappa shape index (κ3) is 4.28. The minimum Gasteiger partial charge on any atom is -0.379 e. The zero-order valence-electron chi connectivity index (χ0n) is 19.7. The highest BCUT2D eigenvalue weighted by Gasteiger charge is 2.20. The third-order valence-electron chi connectivity index (χ3n) is 7.27. The number of morpholine rings is 1. The van der Waals surface area contributed by atoms with Crippen LogP contribution >= 0.6 is 0 Å². The van der Waals surface area contributed by atoms with E-state index < -0.39 is 0 Å². The molecule has 4 aromatic heterocycles. The Hall–Kier alpha value is -3.37. The second kappa shape index (κ2) is 9.35. The van der Waals surface area contributed by atoms with Crippen LogP contribution in [-0.4, -0.2) is 67.0 Å². The molecule has 0 atom stereocenters. The van der Waals surface area contributed by atoms with Gasteiger partial charge in [0, 0.05) is 44.5 Å². The van der Waals surface area contributed by atoms with Crippen LogP contribution in [-0.2, 0) is 11.3 Å². The second-order valence-electron chi connectivity index (χ2n) is 9.47. The van der Waals surface area contributed by atoms with Gasteiger partial charge in [-0.05, 0) is 31.0 Å². The minimum absolute atomic E-state index is 0.141. The Morgan fingerprint density at radius 3 is 2.46 bits per heavy atom. The molecule has 1 N–H and O–H groups in total. The number of aromatic amines is 1. The van der Waals surface area contributed by atoms with Crippen molar-refractivity contribution in [2.75, 3.05) is 32.8 Å². The van der Waals surface area contributed by atoms with Gasteiger partial charge in [0.2, 0.25) is 0 Å². The van der Waals surface area contributed by atoms with Gasteiger partial charge in [-0.2, -0.15) is 4.98 Å². The van der Waals surface area contributed by atoms with Gasteiger partial charge in [-0.3, -0.25) is 19.6 Å². The summed E-state index contributed by atoms with van der Waals surface area (Å²) in [5.41, 5.74) is 0.707. The Bertz CT molecular complexity index is 1480. The monoisotopic (exact) mass is 475 g/mol. The van der Waals surface area contributed by atoms with E-state index >= 15 is 0 Å². The van der Waals surface area contributed by atoms with Crippen LogP contribution in [0.5, 0.6) is 0 Å². The molecule has 35 heavy (non-hydrogen) atoms. The maximum atomic E-state index is 13.4. The summed E-state index contributed by atoms with van der Waals surface area (Å²) < 4.78 is 8.52. The smallest absolute Gasteiger partial charge is 0.267 e. The van der Waals surface area contributed by atoms with Crippen molar-refractivity contribution >= 4 is 21.8 Å². The molecule has 0 radical (unpaired) electrons. The maximum absolute atomic E-state index is 13.4. The number of ether oxygens (including phenoxy) is 1. The summed E-state index contributed by atoms with van der Waals surface area (Å²) in [5, 5.41) is 8.17. The number of pyridine rings is 3. The molecular formula is C25H29N7O3. The molecule has 0 aromatic carbocycles. The van der Waals surface area contributed by atoms with E-state index in [0.29, 0.717) is 40.2 Å². The lowest BCUT2D eigenvalue weighted by Gasteiger charge is -2.26. The molecule has 5 heterocycles. The van der Waals surface area contributed by atoms with Crippen LogP contribution in [0.1, 0.15) is 43.8 Å². The van der Waals surface area contributed by atoms with E-state index in [9.17, 15) is 9.59 Å². The van der Waals surface area contributed by atoms with Gasteiger partial charge in [0.15, 0.2) is 0 Å². The summed E-state index contributed by atoms with van der Waals surface area (Å²) in [7, 11) is 0. The van der Waals surface area contributed by atoms with Crippen molar-refractivity contribution in [2.24, 2.45) is 0 Å². The van der Waals surface area contributed by atoms with Crippen molar-refractivity contribution in [3.05, 3.63) is 57.1 Å². The predicted molar refractivity (Wildman–Crippen MR) is 132 cm³/mol. The molecule has 1 saturated carbocycles. The van der Waals surface area contributed by atoms with E-state index in [1.165, 1.54) is 23.8 Å². The standard InChI is InChI=1S/C25H29N7O3/c33-23-18-16-19-21(26-20(18)6-8-31(23)11-10-30-12-14-35-15-13-30)7-9-32(24(19)34)25-27-22(28-29-25)17-4-2-1-3-5-17/h6-9,16-17H,1-5,10-15H2,(H,27,28,29). The molecule has 1 aliphatic carbocycles. The van der Waals surface area contributed by atoms with E-state index in [4.69, 9.17) is 4.74 Å². The van der Waals surface area contributed by atoms with Gasteiger partial charge in [0.25, 0.3) is 17.1 Å². The Balaban J connectivity index is 1.34. The van der Waals surface area contributed by atoms with Crippen molar-refractivity contribution in [1.29, 1.82) is 0 Å². The Labute approximate surface area is 201 Å². The van der Waals surface area contributed by atoms with E-state index in [1.807, 2.05) is 6.07 Å². The van der Waals surface area contributed by atoms with Crippen LogP contribution in [0, 0.1) is 0 Å². The van der Waals surface area contributed by atoms with Crippen LogP contribution in [0.4, 0.5) is 0 Å². The summed E-state index contributed by atoms with van der Waals surface area (Å²) >= 11 is 0. The van der Waals surface area contributed by atoms with Crippen LogP contribution in [0.3, 0.4) is 0 Å². The first kappa shape index (κ1) is 22.1. The molecule has 0 spiro atoms. The molecule has 0 bridgehead atoms. The lowest BCUT2D eigenvalue weighted by Crippen LogP contribution is -2.39. The van der Waals surface area contributed by atoms with Crippen molar-refractivity contribution in [2.45, 2.75) is 44.6 Å². The van der Waals surface area contributed by atoms with Gasteiger partial charge < -0.3 is 9.30 Å². The fourth-order valence-electron chi connectivity index (χ4n) is 5.20. The van der Waals surface area contributed by atoms with Crippen molar-refractivity contribution in [3.63, 3.8) is 0 Å². The van der Waals surface area contributed by atoms with Crippen molar-refractivity contribution < 1.29 is 4.74 Å². The number of hydrogen-bond donors (Lipinski definition) is 1. The number of hydrogen-bond acceptors (Lipinski definition) is 7. The Morgan fingerprint density at radius 2 is 1.66 bits per heavy atom. The van der Waals surface area contributed by atoms with Gasteiger partial charge in [0.1, 0.15) is 5.82 Å². The molecule has 6 rings (SSSR count). The summed E-state index contributed by atoms with van der Waals surface area (Å²) in [6, 6.07) is 5.28. The van der Waals surface area contributed by atoms with E-state index in [-0.39, 0.29) is 11.1 Å². The fourth-order valence-corrected chi connectivity index (χ4v) is 5.20. The van der Waals surface area contributed by atoms with Crippen LogP contribution < -0.4 is 11.1 Å². The molecule has 10 nitrogen and oxygen atoms in total. The predicted octanol–water partition coefficient (Wildman–Crippen LogP) is 2.20. The highest BCUT2D eigenvalue weighted by Crippen LogP contribution is 2.30. The first-order valence-electron chi connectivity index (χ1n) is 12.5. The Morgan fingerprint density at radius 1 is 0.914 bits per heavy atom. The quantitative estimate of drug-likeness (QED) is 0.441. The summed E-state index contributed by atoms with van der Waals surface area (Å²) in [5.74, 6) is 1.53. The zero-order chi connectivity index (χ0) is 23.8. The average Bonchev–Trinajstić information content (AvgIpc) is 3.39. The van der Waals surface area contributed by atoms with E-state index in [1.54, 1.807) is 29.1 Å². The lowest BCUT2D eigenvalue weighted by molar-refractivity contribution is 0.0363. The summed E-state index contributed by atoms with van der Waals surface area (Å²) in [4.78, 5) is 38.1. The lowest BCUT2D eigenvalue weighted by atomic mass is 9.89. The number of H-pyrrole nitrogens is 1. The zero-order valence-corrected chi connectivity index (χ0v) is 19.7. The van der Waals surface area contributed by atoms with Crippen molar-refractivity contribution in [1.82, 2.24) is 34.2 Å². The highest BCUT2D eigenvalue weighted by molar-refractivity contribution is 5.91. The first-order chi connectivity index (χ1) is 17.2. The number of nitrogens with one attached hydrogen (secondary N) is 1. The molecule has 10 heteroatoms. The van der Waals surface area contributed by atoms with Crippen LogP contribution in [0.2, 0.25) is 0 Å². The minimum atomic E-state index is -0.283. The van der Waals surface area contributed by atoms with Gasteiger partial charge in [-0.15, -0.1) is 5.10 Å². The van der Waals surface area contributed by atoms with Gasteiger partial charge in [0.05, 0.1) is 35.0 Å². The largest absolute Gasteiger partial charge is 0.379 e. The van der Waals surface area contributed by atoms with Gasteiger partial charge in [-0.1, -0.05) is 19.3 Å². The third-order valence-corrected chi connectivity index (χ3v) is 7.27. The molecule has 2 aliphatic rings. The number of aromatic nitrogens is 6. The Kier molecular flexibility index (Phi) is 5.91. The number of nitrogens with zero attached hydrogens (tertiary/aromatic N) is 6. The molecule has 2 fully saturated rings. The van der Waals surface area contributed by atoms with Gasteiger partial charge in [-0.25, -0.2) is 9.55 Å². The molecular weight excluding hydrogens is 446 g/mol. The number of fused-ring (bicyclic) bond motifs is 2. The van der Waals surface area contributed by atoms with E-state index in [2.05, 4.69) is 25.1 Å². The topological polar surface area (TPSA) is 111 Å². The molecule has 182 valence electrons. The first-order valence-corrected chi connectivity index (χ1v) is 12.5. The summed E-state index contributed by atoms with van der Waals surface area (Å²) in [6.45, 7) is 4.54. The van der Waals surface area contributed by atoms with Crippen molar-refractivity contribution in [3.8, 4) is 5.95 Å². The van der Waals surface area contributed by atoms with Gasteiger partial charge >= 0.3 is 0 Å². The van der Waals surface area contributed by atoms with E-state index in [0.717, 1.165) is 51.5 Å². The average molecular weight is 476 g/mol. The molecule has 1 aliphatic heterocycles. The normalized spacial score (nSPS) is 17.9.